The number of alkyl halides is 5. The molecule has 4 nitrogen and oxygen atoms in total. The predicted molar refractivity (Wildman–Crippen MR) is 154 cm³/mol. The SMILES string of the molecule is C[C@]12CCC3c4ccc(O)cc4C=C(CCCCCCCCCS(=O)(=O)CCCC(F)(F)C(F)(F)F)C3C1CC[C@@H]2O. The van der Waals surface area contributed by atoms with Gasteiger partial charge in [-0.15, -0.1) is 0 Å². The number of allylic oxidation sites excluding steroid dienone is 1. The molecule has 0 aromatic heterocycles. The van der Waals surface area contributed by atoms with Gasteiger partial charge in [-0.3, -0.25) is 0 Å². The van der Waals surface area contributed by atoms with Crippen LogP contribution in [0.2, 0.25) is 0 Å². The molecule has 0 saturated heterocycles. The summed E-state index contributed by atoms with van der Waals surface area (Å²) in [6.45, 7) is 2.26. The number of benzene rings is 1. The van der Waals surface area contributed by atoms with Crippen LogP contribution in [0.4, 0.5) is 22.0 Å². The molecule has 238 valence electrons. The topological polar surface area (TPSA) is 74.6 Å². The van der Waals surface area contributed by atoms with Crippen molar-refractivity contribution in [1.29, 1.82) is 0 Å². The molecule has 4 rings (SSSR count). The molecule has 42 heavy (non-hydrogen) atoms. The summed E-state index contributed by atoms with van der Waals surface area (Å²) in [5.41, 5.74) is 3.81. The Hall–Kier alpha value is -1.68. The predicted octanol–water partition coefficient (Wildman–Crippen LogP) is 8.57. The van der Waals surface area contributed by atoms with Crippen LogP contribution in [0.1, 0.15) is 114 Å². The van der Waals surface area contributed by atoms with Crippen LogP contribution in [0.3, 0.4) is 0 Å². The van der Waals surface area contributed by atoms with Crippen LogP contribution in [0.25, 0.3) is 6.08 Å². The van der Waals surface area contributed by atoms with Crippen LogP contribution in [0, 0.1) is 17.3 Å². The van der Waals surface area contributed by atoms with Crippen molar-refractivity contribution in [3.63, 3.8) is 0 Å². The summed E-state index contributed by atoms with van der Waals surface area (Å²) in [6.07, 6.45) is 5.03. The van der Waals surface area contributed by atoms with Crippen LogP contribution < -0.4 is 0 Å². The fourth-order valence-electron chi connectivity index (χ4n) is 7.83. The fraction of sp³-hybridized carbons (Fsp3) is 0.750. The second-order valence-corrected chi connectivity index (χ2v) is 15.4. The Morgan fingerprint density at radius 1 is 0.905 bits per heavy atom. The Balaban J connectivity index is 1.19. The number of rotatable bonds is 14. The van der Waals surface area contributed by atoms with Crippen LogP contribution in [0.15, 0.2) is 23.8 Å². The molecule has 2 fully saturated rings. The second-order valence-electron chi connectivity index (χ2n) is 13.1. The van der Waals surface area contributed by atoms with Crippen molar-refractivity contribution < 1.29 is 40.6 Å². The lowest BCUT2D eigenvalue weighted by Crippen LogP contribution is -2.44. The molecule has 10 heteroatoms. The van der Waals surface area contributed by atoms with Crippen molar-refractivity contribution >= 4 is 15.9 Å². The van der Waals surface area contributed by atoms with Crippen LogP contribution in [-0.2, 0) is 9.84 Å². The van der Waals surface area contributed by atoms with E-state index < -0.39 is 40.5 Å². The molecule has 0 amide bonds. The minimum atomic E-state index is -5.65. The van der Waals surface area contributed by atoms with Crippen molar-refractivity contribution in [2.75, 3.05) is 11.5 Å². The van der Waals surface area contributed by atoms with Gasteiger partial charge in [-0.2, -0.15) is 22.0 Å². The van der Waals surface area contributed by atoms with E-state index in [1.54, 1.807) is 6.07 Å². The zero-order chi connectivity index (χ0) is 30.8. The molecule has 3 aliphatic rings. The minimum Gasteiger partial charge on any atom is -0.508 e. The molecule has 1 aromatic rings. The van der Waals surface area contributed by atoms with E-state index >= 15 is 0 Å². The molecular weight excluding hydrogens is 575 g/mol. The van der Waals surface area contributed by atoms with Gasteiger partial charge in [-0.1, -0.05) is 56.7 Å². The van der Waals surface area contributed by atoms with Gasteiger partial charge < -0.3 is 10.2 Å². The van der Waals surface area contributed by atoms with Crippen LogP contribution in [-0.4, -0.2) is 48.3 Å². The van der Waals surface area contributed by atoms with Gasteiger partial charge in [-0.05, 0) is 97.8 Å². The number of sulfone groups is 1. The number of aliphatic hydroxyl groups is 1. The third kappa shape index (κ3) is 7.51. The number of fused-ring (bicyclic) bond motifs is 5. The molecule has 0 bridgehead atoms. The smallest absolute Gasteiger partial charge is 0.453 e. The maximum absolute atomic E-state index is 13.0. The molecule has 5 atom stereocenters. The largest absolute Gasteiger partial charge is 0.508 e. The number of hydrogen-bond donors (Lipinski definition) is 2. The van der Waals surface area contributed by atoms with Gasteiger partial charge in [0.15, 0.2) is 0 Å². The number of unbranched alkanes of at least 4 members (excludes halogenated alkanes) is 6. The van der Waals surface area contributed by atoms with Crippen molar-refractivity contribution in [3.8, 4) is 5.75 Å². The van der Waals surface area contributed by atoms with Gasteiger partial charge in [0, 0.05) is 6.42 Å². The monoisotopic (exact) mass is 620 g/mol. The number of phenols is 1. The average molecular weight is 621 g/mol. The zero-order valence-corrected chi connectivity index (χ0v) is 25.3. The third-order valence-electron chi connectivity index (χ3n) is 10.2. The van der Waals surface area contributed by atoms with E-state index in [-0.39, 0.29) is 23.0 Å². The molecule has 3 aliphatic carbocycles. The highest BCUT2D eigenvalue weighted by Crippen LogP contribution is 2.62. The second kappa shape index (κ2) is 13.1. The molecule has 3 unspecified atom stereocenters. The van der Waals surface area contributed by atoms with Gasteiger partial charge in [0.2, 0.25) is 0 Å². The third-order valence-corrected chi connectivity index (χ3v) is 12.1. The highest BCUT2D eigenvalue weighted by molar-refractivity contribution is 7.91. The summed E-state index contributed by atoms with van der Waals surface area (Å²) in [6, 6.07) is 5.71. The lowest BCUT2D eigenvalue weighted by Gasteiger charge is -2.50. The zero-order valence-electron chi connectivity index (χ0n) is 24.4. The summed E-state index contributed by atoms with van der Waals surface area (Å²) in [4.78, 5) is 0. The average Bonchev–Trinajstić information content (AvgIpc) is 3.20. The van der Waals surface area contributed by atoms with E-state index in [1.165, 1.54) is 11.1 Å². The molecule has 1 aromatic carbocycles. The molecule has 2 N–H and O–H groups in total. The van der Waals surface area contributed by atoms with E-state index in [1.807, 2.05) is 6.07 Å². The molecule has 0 radical (unpaired) electrons. The molecular formula is C32H45F5O4S. The van der Waals surface area contributed by atoms with E-state index in [4.69, 9.17) is 0 Å². The van der Waals surface area contributed by atoms with Gasteiger partial charge in [0.1, 0.15) is 15.6 Å². The van der Waals surface area contributed by atoms with Crippen molar-refractivity contribution in [2.24, 2.45) is 17.3 Å². The first-order valence-electron chi connectivity index (χ1n) is 15.5. The summed E-state index contributed by atoms with van der Waals surface area (Å²) < 4.78 is 86.7. The lowest BCUT2D eigenvalue weighted by molar-refractivity contribution is -0.284. The first-order chi connectivity index (χ1) is 19.6. The van der Waals surface area contributed by atoms with Gasteiger partial charge in [0.05, 0.1) is 17.6 Å². The van der Waals surface area contributed by atoms with Crippen LogP contribution in [0.5, 0.6) is 5.75 Å². The highest BCUT2D eigenvalue weighted by atomic mass is 32.2. The minimum absolute atomic E-state index is 0.0453. The Morgan fingerprint density at radius 2 is 1.55 bits per heavy atom. The van der Waals surface area contributed by atoms with Crippen LogP contribution >= 0.6 is 0 Å². The molecule has 2 saturated carbocycles. The number of aliphatic hydroxyl groups excluding tert-OH is 1. The molecule has 0 heterocycles. The summed E-state index contributed by atoms with van der Waals surface area (Å²) in [5, 5.41) is 20.9. The maximum Gasteiger partial charge on any atom is 0.453 e. The highest BCUT2D eigenvalue weighted by Gasteiger charge is 2.57. The van der Waals surface area contributed by atoms with E-state index in [0.717, 1.165) is 69.8 Å². The first kappa shape index (κ1) is 33.2. The van der Waals surface area contributed by atoms with E-state index in [2.05, 4.69) is 19.1 Å². The van der Waals surface area contributed by atoms with Crippen molar-refractivity contribution in [1.82, 2.24) is 0 Å². The molecule has 0 spiro atoms. The lowest BCUT2D eigenvalue weighted by atomic mass is 9.54. The van der Waals surface area contributed by atoms with Gasteiger partial charge >= 0.3 is 12.1 Å². The van der Waals surface area contributed by atoms with E-state index in [0.29, 0.717) is 30.6 Å². The number of phenolic OH excluding ortho intramolecular Hbond substituents is 1. The fourth-order valence-corrected chi connectivity index (χ4v) is 9.26. The summed E-state index contributed by atoms with van der Waals surface area (Å²) >= 11 is 0. The maximum atomic E-state index is 13.0. The summed E-state index contributed by atoms with van der Waals surface area (Å²) in [5.74, 6) is -4.14. The summed E-state index contributed by atoms with van der Waals surface area (Å²) in [7, 11) is -3.65. The first-order valence-corrected chi connectivity index (χ1v) is 17.3. The van der Waals surface area contributed by atoms with Gasteiger partial charge in [0.25, 0.3) is 0 Å². The Morgan fingerprint density at radius 3 is 2.24 bits per heavy atom. The van der Waals surface area contributed by atoms with Crippen molar-refractivity contribution in [2.45, 2.75) is 121 Å². The molecule has 0 aliphatic heterocycles. The Bertz CT molecular complexity index is 1210. The van der Waals surface area contributed by atoms with Crippen molar-refractivity contribution in [3.05, 3.63) is 34.9 Å². The number of aromatic hydroxyl groups is 1. The Kier molecular flexibility index (Phi) is 10.4. The van der Waals surface area contributed by atoms with Gasteiger partial charge in [-0.25, -0.2) is 8.42 Å². The quantitative estimate of drug-likeness (QED) is 0.161. The standard InChI is InChI=1S/C32H45F5O4S/c1-30-17-15-26-25-12-11-24(38)21-23(25)20-22(29(26)27(30)13-14-28(30)39)10-7-5-3-2-4-6-8-18-42(40,41)19-9-16-31(33,34)32(35,36)37/h11-12,20-21,26-29,38-39H,2-10,13-19H2,1H3/t26?,27?,28-,29?,30-/m0/s1. The number of hydrogen-bond acceptors (Lipinski definition) is 4. The Labute approximate surface area is 246 Å². The number of halogens is 5. The van der Waals surface area contributed by atoms with E-state index in [9.17, 15) is 40.6 Å². The normalized spacial score (nSPS) is 27.7.